The number of ether oxygens (including phenoxy) is 3. The molecule has 5 rings (SSSR count). The van der Waals surface area contributed by atoms with Gasteiger partial charge in [0.15, 0.2) is 16.9 Å². The fourth-order valence-corrected chi connectivity index (χ4v) is 4.30. The first-order valence-electron chi connectivity index (χ1n) is 10.5. The number of aromatic hydroxyl groups is 2. The third-order valence-corrected chi connectivity index (χ3v) is 5.89. The summed E-state index contributed by atoms with van der Waals surface area (Å²) in [6.45, 7) is 0. The van der Waals surface area contributed by atoms with Crippen LogP contribution in [0.1, 0.15) is 23.5 Å². The number of benzene rings is 3. The highest BCUT2D eigenvalue weighted by molar-refractivity contribution is 5.93. The Morgan fingerprint density at radius 3 is 2.26 bits per heavy atom. The van der Waals surface area contributed by atoms with E-state index >= 15 is 0 Å². The van der Waals surface area contributed by atoms with Gasteiger partial charge < -0.3 is 28.8 Å². The van der Waals surface area contributed by atoms with E-state index in [0.29, 0.717) is 22.5 Å². The van der Waals surface area contributed by atoms with Crippen molar-refractivity contribution in [2.45, 2.75) is 12.3 Å². The van der Waals surface area contributed by atoms with Crippen LogP contribution in [0.15, 0.2) is 63.8 Å². The Morgan fingerprint density at radius 1 is 0.941 bits per heavy atom. The molecule has 0 radical (unpaired) electrons. The van der Waals surface area contributed by atoms with Crippen molar-refractivity contribution in [3.05, 3.63) is 75.9 Å². The molecule has 0 saturated carbocycles. The second-order valence-electron chi connectivity index (χ2n) is 7.86. The standard InChI is InChI=1S/C26H20O8/c1-31-20-8-14(9-21(32-2)25(20)30)15-10-22(29)33-19-12-17(28)24-16(27)11-18(34-26(24)23(15)19)13-6-4-3-5-7-13/h3-9,11-12,15,28,30H,10H2,1-2H3/t15-/m0/s1. The van der Waals surface area contributed by atoms with E-state index in [1.165, 1.54) is 26.4 Å². The van der Waals surface area contributed by atoms with Crippen LogP contribution in [0.4, 0.5) is 0 Å². The largest absolute Gasteiger partial charge is 0.507 e. The molecule has 0 amide bonds. The van der Waals surface area contributed by atoms with E-state index in [9.17, 15) is 19.8 Å². The first kappa shape index (κ1) is 21.4. The van der Waals surface area contributed by atoms with Gasteiger partial charge in [0, 0.05) is 29.2 Å². The zero-order chi connectivity index (χ0) is 24.0. The zero-order valence-electron chi connectivity index (χ0n) is 18.3. The number of phenols is 2. The highest BCUT2D eigenvalue weighted by Crippen LogP contribution is 2.48. The average Bonchev–Trinajstić information content (AvgIpc) is 2.83. The number of carbonyl (C=O) groups excluding carboxylic acids is 1. The van der Waals surface area contributed by atoms with Crippen LogP contribution in [-0.2, 0) is 4.79 Å². The van der Waals surface area contributed by atoms with E-state index in [4.69, 9.17) is 18.6 Å². The molecule has 0 fully saturated rings. The van der Waals surface area contributed by atoms with Gasteiger partial charge in [-0.15, -0.1) is 0 Å². The van der Waals surface area contributed by atoms with Gasteiger partial charge >= 0.3 is 5.97 Å². The quantitative estimate of drug-likeness (QED) is 0.342. The molecule has 0 spiro atoms. The number of hydrogen-bond donors (Lipinski definition) is 2. The van der Waals surface area contributed by atoms with Crippen LogP contribution < -0.4 is 19.6 Å². The Morgan fingerprint density at radius 2 is 1.62 bits per heavy atom. The number of methoxy groups -OCH3 is 2. The molecular formula is C26H20O8. The van der Waals surface area contributed by atoms with Gasteiger partial charge in [0.25, 0.3) is 0 Å². The highest BCUT2D eigenvalue weighted by atomic mass is 16.5. The van der Waals surface area contributed by atoms with Crippen LogP contribution >= 0.6 is 0 Å². The monoisotopic (exact) mass is 460 g/mol. The van der Waals surface area contributed by atoms with Crippen molar-refractivity contribution >= 4 is 16.9 Å². The van der Waals surface area contributed by atoms with Crippen LogP contribution in [0.5, 0.6) is 28.7 Å². The van der Waals surface area contributed by atoms with Gasteiger partial charge in [0.1, 0.15) is 28.2 Å². The van der Waals surface area contributed by atoms with Gasteiger partial charge in [-0.3, -0.25) is 9.59 Å². The van der Waals surface area contributed by atoms with Crippen molar-refractivity contribution in [2.75, 3.05) is 14.2 Å². The van der Waals surface area contributed by atoms with Gasteiger partial charge in [-0.25, -0.2) is 0 Å². The smallest absolute Gasteiger partial charge is 0.312 e. The number of rotatable bonds is 4. The first-order valence-corrected chi connectivity index (χ1v) is 10.5. The van der Waals surface area contributed by atoms with Crippen molar-refractivity contribution in [1.82, 2.24) is 0 Å². The lowest BCUT2D eigenvalue weighted by molar-refractivity contribution is -0.135. The van der Waals surface area contributed by atoms with Crippen LogP contribution in [0.25, 0.3) is 22.3 Å². The predicted molar refractivity (Wildman–Crippen MR) is 123 cm³/mol. The molecule has 0 unspecified atom stereocenters. The Bertz CT molecular complexity index is 1460. The zero-order valence-corrected chi connectivity index (χ0v) is 18.3. The summed E-state index contributed by atoms with van der Waals surface area (Å²) in [5.41, 5.74) is 1.36. The minimum Gasteiger partial charge on any atom is -0.507 e. The summed E-state index contributed by atoms with van der Waals surface area (Å²) >= 11 is 0. The molecular weight excluding hydrogens is 440 g/mol. The molecule has 1 aliphatic heterocycles. The predicted octanol–water partition coefficient (Wildman–Crippen LogP) is 4.33. The summed E-state index contributed by atoms with van der Waals surface area (Å²) in [6.07, 6.45) is -0.0662. The van der Waals surface area contributed by atoms with Crippen LogP contribution in [0.2, 0.25) is 0 Å². The average molecular weight is 460 g/mol. The molecule has 1 aliphatic rings. The third-order valence-electron chi connectivity index (χ3n) is 5.89. The second-order valence-corrected chi connectivity index (χ2v) is 7.86. The molecule has 8 nitrogen and oxygen atoms in total. The number of fused-ring (bicyclic) bond motifs is 3. The van der Waals surface area contributed by atoms with E-state index in [1.807, 2.05) is 18.2 Å². The Hall–Kier alpha value is -4.46. The van der Waals surface area contributed by atoms with Gasteiger partial charge in [-0.1, -0.05) is 30.3 Å². The third kappa shape index (κ3) is 3.40. The first-order chi connectivity index (χ1) is 16.4. The SMILES string of the molecule is COc1cc([C@@H]2CC(=O)Oc3cc(O)c4c(=O)cc(-c5ccccc5)oc4c32)cc(OC)c1O. The highest BCUT2D eigenvalue weighted by Gasteiger charge is 2.34. The van der Waals surface area contributed by atoms with E-state index in [1.54, 1.807) is 24.3 Å². The molecule has 4 aromatic rings. The van der Waals surface area contributed by atoms with Gasteiger partial charge in [0.05, 0.1) is 20.6 Å². The number of carbonyl (C=O) groups is 1. The Labute approximate surface area is 193 Å². The van der Waals surface area contributed by atoms with E-state index < -0.39 is 17.3 Å². The van der Waals surface area contributed by atoms with Gasteiger partial charge in [-0.2, -0.15) is 0 Å². The van der Waals surface area contributed by atoms with Crippen molar-refractivity contribution in [2.24, 2.45) is 0 Å². The maximum atomic E-state index is 13.0. The Kier molecular flexibility index (Phi) is 5.13. The summed E-state index contributed by atoms with van der Waals surface area (Å²) in [4.78, 5) is 25.5. The Balaban J connectivity index is 1.83. The van der Waals surface area contributed by atoms with Crippen LogP contribution in [-0.4, -0.2) is 30.4 Å². The minimum absolute atomic E-state index is 0.0147. The normalized spacial score (nSPS) is 15.0. The molecule has 0 bridgehead atoms. The summed E-state index contributed by atoms with van der Waals surface area (Å²) < 4.78 is 22.1. The van der Waals surface area contributed by atoms with Gasteiger partial charge in [-0.05, 0) is 17.7 Å². The molecule has 8 heteroatoms. The second kappa shape index (κ2) is 8.15. The van der Waals surface area contributed by atoms with Crippen molar-refractivity contribution in [3.8, 4) is 40.1 Å². The molecule has 1 atom stereocenters. The summed E-state index contributed by atoms with van der Waals surface area (Å²) in [7, 11) is 2.81. The number of phenolic OH excluding ortho intramolecular Hbond substituents is 2. The molecule has 3 aromatic carbocycles. The summed E-state index contributed by atoms with van der Waals surface area (Å²) in [5.74, 6) is -0.972. The molecule has 172 valence electrons. The maximum Gasteiger partial charge on any atom is 0.312 e. The number of hydrogen-bond acceptors (Lipinski definition) is 8. The molecule has 2 N–H and O–H groups in total. The lowest BCUT2D eigenvalue weighted by Gasteiger charge is -2.26. The number of esters is 1. The van der Waals surface area contributed by atoms with Crippen molar-refractivity contribution in [1.29, 1.82) is 0 Å². The molecule has 1 aromatic heterocycles. The molecule has 34 heavy (non-hydrogen) atoms. The fraction of sp³-hybridized carbons (Fsp3) is 0.154. The molecule has 0 aliphatic carbocycles. The molecule has 2 heterocycles. The van der Waals surface area contributed by atoms with Crippen LogP contribution in [0.3, 0.4) is 0 Å². The summed E-state index contributed by atoms with van der Waals surface area (Å²) in [6, 6.07) is 14.8. The summed E-state index contributed by atoms with van der Waals surface area (Å²) in [5, 5.41) is 20.9. The van der Waals surface area contributed by atoms with Gasteiger partial charge in [0.2, 0.25) is 5.75 Å². The van der Waals surface area contributed by atoms with E-state index in [-0.39, 0.29) is 46.1 Å². The maximum absolute atomic E-state index is 13.0. The van der Waals surface area contributed by atoms with Crippen LogP contribution in [0, 0.1) is 0 Å². The fourth-order valence-electron chi connectivity index (χ4n) is 4.30. The topological polar surface area (TPSA) is 115 Å². The van der Waals surface area contributed by atoms with Crippen molar-refractivity contribution < 1.29 is 33.6 Å². The van der Waals surface area contributed by atoms with Crippen molar-refractivity contribution in [3.63, 3.8) is 0 Å². The molecule has 0 saturated heterocycles. The van der Waals surface area contributed by atoms with E-state index in [0.717, 1.165) is 0 Å². The lowest BCUT2D eigenvalue weighted by Crippen LogP contribution is -2.22. The lowest BCUT2D eigenvalue weighted by atomic mass is 9.84. The van der Waals surface area contributed by atoms with E-state index in [2.05, 4.69) is 0 Å². The minimum atomic E-state index is -0.628.